The second-order valence-electron chi connectivity index (χ2n) is 4.75. The molecule has 112 valence electrons. The van der Waals surface area contributed by atoms with E-state index in [4.69, 9.17) is 10.00 Å². The maximum atomic E-state index is 8.77. The Bertz CT molecular complexity index is 815. The molecular weight excluding hydrogens is 290 g/mol. The van der Waals surface area contributed by atoms with Crippen LogP contribution in [0.5, 0.6) is 5.75 Å². The first-order valence-corrected chi connectivity index (χ1v) is 6.94. The van der Waals surface area contributed by atoms with E-state index in [1.807, 2.05) is 36.4 Å². The van der Waals surface area contributed by atoms with Crippen molar-refractivity contribution in [3.05, 3.63) is 77.9 Å². The summed E-state index contributed by atoms with van der Waals surface area (Å²) in [4.78, 5) is 0. The van der Waals surface area contributed by atoms with Crippen LogP contribution in [-0.4, -0.2) is 21.1 Å². The van der Waals surface area contributed by atoms with Gasteiger partial charge < -0.3 is 4.74 Å². The van der Waals surface area contributed by atoms with Crippen molar-refractivity contribution in [2.45, 2.75) is 6.61 Å². The number of nitriles is 1. The third-order valence-electron chi connectivity index (χ3n) is 3.12. The standard InChI is InChI=1S/C17H13N5O/c18-9-14-1-3-16(4-2-14)11-23-17-7-5-15(6-8-17)10-21-22-12-19-20-13-22/h1-8,10,12-13H,11H2/b21-10-. The fourth-order valence-corrected chi connectivity index (χ4v) is 1.88. The molecule has 6 nitrogen and oxygen atoms in total. The second kappa shape index (κ2) is 7.00. The van der Waals surface area contributed by atoms with Crippen molar-refractivity contribution in [3.8, 4) is 11.8 Å². The Labute approximate surface area is 133 Å². The van der Waals surface area contributed by atoms with E-state index < -0.39 is 0 Å². The molecule has 0 aliphatic carbocycles. The Morgan fingerprint density at radius 2 is 1.74 bits per heavy atom. The number of aromatic nitrogens is 3. The maximum absolute atomic E-state index is 8.77. The van der Waals surface area contributed by atoms with Crippen molar-refractivity contribution in [3.63, 3.8) is 0 Å². The highest BCUT2D eigenvalue weighted by Crippen LogP contribution is 2.14. The highest BCUT2D eigenvalue weighted by atomic mass is 16.5. The van der Waals surface area contributed by atoms with Gasteiger partial charge in [0, 0.05) is 0 Å². The minimum Gasteiger partial charge on any atom is -0.489 e. The Morgan fingerprint density at radius 1 is 1.04 bits per heavy atom. The number of rotatable bonds is 5. The van der Waals surface area contributed by atoms with Crippen LogP contribution in [0.4, 0.5) is 0 Å². The van der Waals surface area contributed by atoms with Crippen molar-refractivity contribution in [1.82, 2.24) is 14.9 Å². The number of nitrogens with zero attached hydrogens (tertiary/aromatic N) is 5. The van der Waals surface area contributed by atoms with Crippen LogP contribution in [0.15, 0.2) is 66.3 Å². The van der Waals surface area contributed by atoms with Gasteiger partial charge in [-0.25, -0.2) is 4.68 Å². The van der Waals surface area contributed by atoms with Crippen LogP contribution in [0.3, 0.4) is 0 Å². The first-order valence-electron chi connectivity index (χ1n) is 6.94. The summed E-state index contributed by atoms with van der Waals surface area (Å²) < 4.78 is 7.24. The summed E-state index contributed by atoms with van der Waals surface area (Å²) >= 11 is 0. The molecule has 0 unspecified atom stereocenters. The monoisotopic (exact) mass is 303 g/mol. The average molecular weight is 303 g/mol. The summed E-state index contributed by atoms with van der Waals surface area (Å²) in [5.74, 6) is 0.774. The lowest BCUT2D eigenvalue weighted by molar-refractivity contribution is 0.306. The zero-order valence-electron chi connectivity index (χ0n) is 12.2. The molecule has 23 heavy (non-hydrogen) atoms. The molecular formula is C17H13N5O. The van der Waals surface area contributed by atoms with Crippen LogP contribution in [0, 0.1) is 11.3 Å². The molecule has 0 amide bonds. The largest absolute Gasteiger partial charge is 0.489 e. The summed E-state index contributed by atoms with van der Waals surface area (Å²) in [6.07, 6.45) is 4.75. The van der Waals surface area contributed by atoms with Crippen molar-refractivity contribution in [2.24, 2.45) is 5.10 Å². The van der Waals surface area contributed by atoms with E-state index in [-0.39, 0.29) is 0 Å². The van der Waals surface area contributed by atoms with E-state index in [2.05, 4.69) is 21.4 Å². The number of benzene rings is 2. The molecule has 0 aliphatic heterocycles. The van der Waals surface area contributed by atoms with Gasteiger partial charge in [-0.3, -0.25) is 0 Å². The fraction of sp³-hybridized carbons (Fsp3) is 0.0588. The maximum Gasteiger partial charge on any atom is 0.141 e. The van der Waals surface area contributed by atoms with E-state index in [0.29, 0.717) is 12.2 Å². The molecule has 0 N–H and O–H groups in total. The molecule has 0 aliphatic rings. The van der Waals surface area contributed by atoms with Crippen LogP contribution in [-0.2, 0) is 6.61 Å². The lowest BCUT2D eigenvalue weighted by Crippen LogP contribution is -1.95. The van der Waals surface area contributed by atoms with Gasteiger partial charge in [-0.1, -0.05) is 12.1 Å². The van der Waals surface area contributed by atoms with Crippen LogP contribution in [0.25, 0.3) is 0 Å². The topological polar surface area (TPSA) is 76.1 Å². The molecule has 2 aromatic carbocycles. The van der Waals surface area contributed by atoms with Crippen LogP contribution in [0.2, 0.25) is 0 Å². The molecule has 0 spiro atoms. The first kappa shape index (κ1) is 14.5. The highest BCUT2D eigenvalue weighted by Gasteiger charge is 1.97. The fourth-order valence-electron chi connectivity index (χ4n) is 1.88. The van der Waals surface area contributed by atoms with E-state index in [9.17, 15) is 0 Å². The van der Waals surface area contributed by atoms with Gasteiger partial charge in [0.15, 0.2) is 0 Å². The van der Waals surface area contributed by atoms with Gasteiger partial charge in [-0.05, 0) is 47.5 Å². The molecule has 1 heterocycles. The molecule has 1 aromatic heterocycles. The van der Waals surface area contributed by atoms with Crippen molar-refractivity contribution in [1.29, 1.82) is 5.26 Å². The van der Waals surface area contributed by atoms with Crippen molar-refractivity contribution < 1.29 is 4.74 Å². The number of hydrogen-bond donors (Lipinski definition) is 0. The molecule has 0 fully saturated rings. The first-order chi connectivity index (χ1) is 11.3. The SMILES string of the molecule is N#Cc1ccc(COc2ccc(/C=N\n3cnnc3)cc2)cc1. The molecule has 3 rings (SSSR count). The van der Waals surface area contributed by atoms with E-state index >= 15 is 0 Å². The van der Waals surface area contributed by atoms with Gasteiger partial charge in [-0.15, -0.1) is 10.2 Å². The predicted molar refractivity (Wildman–Crippen MR) is 84.9 cm³/mol. The minimum atomic E-state index is 0.458. The molecule has 3 aromatic rings. The van der Waals surface area contributed by atoms with Crippen LogP contribution in [0.1, 0.15) is 16.7 Å². The summed E-state index contributed by atoms with van der Waals surface area (Å²) in [6.45, 7) is 0.458. The smallest absolute Gasteiger partial charge is 0.141 e. The average Bonchev–Trinajstić information content (AvgIpc) is 3.13. The number of ether oxygens (including phenoxy) is 1. The van der Waals surface area contributed by atoms with Gasteiger partial charge in [-0.2, -0.15) is 10.4 Å². The Balaban J connectivity index is 1.57. The second-order valence-corrected chi connectivity index (χ2v) is 4.75. The summed E-state index contributed by atoms with van der Waals surface area (Å²) in [6, 6.07) is 17.0. The molecule has 0 saturated carbocycles. The lowest BCUT2D eigenvalue weighted by Gasteiger charge is -2.06. The third-order valence-corrected chi connectivity index (χ3v) is 3.12. The zero-order valence-corrected chi connectivity index (χ0v) is 12.2. The summed E-state index contributed by atoms with van der Waals surface area (Å²) in [5, 5.41) is 20.3. The van der Waals surface area contributed by atoms with Gasteiger partial charge in [0.1, 0.15) is 25.0 Å². The normalized spacial score (nSPS) is 10.6. The van der Waals surface area contributed by atoms with Gasteiger partial charge in [0.05, 0.1) is 17.8 Å². The Kier molecular flexibility index (Phi) is 4.41. The minimum absolute atomic E-state index is 0.458. The molecule has 0 saturated heterocycles. The molecule has 0 radical (unpaired) electrons. The van der Waals surface area contributed by atoms with Gasteiger partial charge >= 0.3 is 0 Å². The summed E-state index contributed by atoms with van der Waals surface area (Å²) in [7, 11) is 0. The Hall–Kier alpha value is -3.46. The van der Waals surface area contributed by atoms with E-state index in [0.717, 1.165) is 16.9 Å². The van der Waals surface area contributed by atoms with Crippen LogP contribution < -0.4 is 4.74 Å². The predicted octanol–water partition coefficient (Wildman–Crippen LogP) is 2.61. The van der Waals surface area contributed by atoms with E-state index in [1.54, 1.807) is 18.3 Å². The molecule has 0 bridgehead atoms. The Morgan fingerprint density at radius 3 is 2.39 bits per heavy atom. The quantitative estimate of drug-likeness (QED) is 0.679. The van der Waals surface area contributed by atoms with Crippen molar-refractivity contribution >= 4 is 6.21 Å². The highest BCUT2D eigenvalue weighted by molar-refractivity contribution is 5.79. The van der Waals surface area contributed by atoms with Crippen LogP contribution >= 0.6 is 0 Å². The van der Waals surface area contributed by atoms with Gasteiger partial charge in [0.2, 0.25) is 0 Å². The molecule has 0 atom stereocenters. The number of hydrogen-bond acceptors (Lipinski definition) is 5. The summed E-state index contributed by atoms with van der Waals surface area (Å²) in [5.41, 5.74) is 2.61. The lowest BCUT2D eigenvalue weighted by atomic mass is 10.1. The van der Waals surface area contributed by atoms with E-state index in [1.165, 1.54) is 17.3 Å². The van der Waals surface area contributed by atoms with Gasteiger partial charge in [0.25, 0.3) is 0 Å². The molecule has 6 heteroatoms. The van der Waals surface area contributed by atoms with Crippen molar-refractivity contribution in [2.75, 3.05) is 0 Å². The zero-order chi connectivity index (χ0) is 15.9. The third kappa shape index (κ3) is 4.02.